The monoisotopic (exact) mass is 342 g/mol. The van der Waals surface area contributed by atoms with E-state index in [4.69, 9.17) is 4.74 Å². The van der Waals surface area contributed by atoms with Crippen molar-refractivity contribution in [1.82, 2.24) is 10.6 Å². The summed E-state index contributed by atoms with van der Waals surface area (Å²) >= 11 is 0. The minimum atomic E-state index is -1.23. The lowest BCUT2D eigenvalue weighted by molar-refractivity contribution is 0.143. The Morgan fingerprint density at radius 2 is 1.21 bits per heavy atom. The van der Waals surface area contributed by atoms with Crippen molar-refractivity contribution in [2.45, 2.75) is 77.0 Å². The number of nitrogens with one attached hydrogen (secondary N) is 2. The van der Waals surface area contributed by atoms with Crippen LogP contribution in [0, 0.1) is 6.92 Å². The fourth-order valence-corrected chi connectivity index (χ4v) is 2.36. The van der Waals surface area contributed by atoms with E-state index in [1.54, 1.807) is 0 Å². The molecule has 0 atom stereocenters. The van der Waals surface area contributed by atoms with Crippen LogP contribution in [0.2, 0.25) is 0 Å². The van der Waals surface area contributed by atoms with E-state index in [2.05, 4.69) is 17.6 Å². The molecular weight excluding hydrogens is 308 g/mol. The second-order valence-electron chi connectivity index (χ2n) is 6.02. The van der Waals surface area contributed by atoms with Crippen molar-refractivity contribution in [3.8, 4) is 0 Å². The van der Waals surface area contributed by atoms with Crippen LogP contribution in [0.4, 0.5) is 9.59 Å². The SMILES string of the molecule is [CH2]CCCCCCCCCOC(=O)NCCCCCCNC([O])=O. The molecule has 0 heterocycles. The highest BCUT2D eigenvalue weighted by molar-refractivity contribution is 5.66. The minimum absolute atomic E-state index is 0.343. The number of carbonyl (C=O) groups excluding carboxylic acids is 2. The number of unbranched alkanes of at least 4 members (excludes halogenated alkanes) is 10. The molecule has 2 radical (unpaired) electrons. The number of ether oxygens (including phenoxy) is 1. The predicted molar refractivity (Wildman–Crippen MR) is 94.2 cm³/mol. The molecule has 140 valence electrons. The van der Waals surface area contributed by atoms with E-state index in [9.17, 15) is 14.7 Å². The lowest BCUT2D eigenvalue weighted by atomic mass is 10.1. The Balaban J connectivity index is 3.17. The van der Waals surface area contributed by atoms with Gasteiger partial charge in [0.25, 0.3) is 0 Å². The fraction of sp³-hybridized carbons (Fsp3) is 0.833. The number of amides is 2. The Kier molecular flexibility index (Phi) is 16.8. The molecule has 0 saturated heterocycles. The number of hydrogen-bond acceptors (Lipinski definition) is 3. The van der Waals surface area contributed by atoms with Gasteiger partial charge in [0.1, 0.15) is 0 Å². The van der Waals surface area contributed by atoms with Gasteiger partial charge < -0.3 is 15.4 Å². The first-order valence-electron chi connectivity index (χ1n) is 9.31. The van der Waals surface area contributed by atoms with Gasteiger partial charge in [-0.15, -0.1) is 0 Å². The smallest absolute Gasteiger partial charge is 0.450 e. The highest BCUT2D eigenvalue weighted by Crippen LogP contribution is 2.08. The first-order chi connectivity index (χ1) is 11.7. The van der Waals surface area contributed by atoms with Crippen LogP contribution in [0.3, 0.4) is 0 Å². The van der Waals surface area contributed by atoms with E-state index in [1.165, 1.54) is 32.1 Å². The lowest BCUT2D eigenvalue weighted by Crippen LogP contribution is -2.25. The topological polar surface area (TPSA) is 87.3 Å². The number of hydrogen-bond donors (Lipinski definition) is 2. The van der Waals surface area contributed by atoms with Crippen molar-refractivity contribution in [2.75, 3.05) is 19.7 Å². The van der Waals surface area contributed by atoms with Crippen LogP contribution in [-0.2, 0) is 9.84 Å². The molecule has 0 aliphatic heterocycles. The molecule has 6 nitrogen and oxygen atoms in total. The molecule has 6 heteroatoms. The summed E-state index contributed by atoms with van der Waals surface area (Å²) in [5.41, 5.74) is 0. The van der Waals surface area contributed by atoms with Gasteiger partial charge in [0.05, 0.1) is 6.61 Å². The Morgan fingerprint density at radius 1 is 0.708 bits per heavy atom. The molecule has 0 aliphatic rings. The van der Waals surface area contributed by atoms with Gasteiger partial charge in [-0.2, -0.15) is 0 Å². The third-order valence-electron chi connectivity index (χ3n) is 3.77. The van der Waals surface area contributed by atoms with E-state index in [1.807, 2.05) is 0 Å². The van der Waals surface area contributed by atoms with Gasteiger partial charge in [-0.1, -0.05) is 64.7 Å². The number of rotatable bonds is 16. The van der Waals surface area contributed by atoms with Crippen molar-refractivity contribution in [3.63, 3.8) is 0 Å². The zero-order valence-corrected chi connectivity index (χ0v) is 14.9. The summed E-state index contributed by atoms with van der Waals surface area (Å²) in [5, 5.41) is 15.1. The van der Waals surface area contributed by atoms with Crippen LogP contribution < -0.4 is 10.6 Å². The zero-order chi connectivity index (χ0) is 17.9. The molecule has 0 aromatic heterocycles. The van der Waals surface area contributed by atoms with Crippen molar-refractivity contribution in [2.24, 2.45) is 0 Å². The highest BCUT2D eigenvalue weighted by atomic mass is 16.5. The summed E-state index contributed by atoms with van der Waals surface area (Å²) < 4.78 is 5.12. The van der Waals surface area contributed by atoms with Gasteiger partial charge in [-0.3, -0.25) is 0 Å². The quantitative estimate of drug-likeness (QED) is 0.408. The Bertz CT molecular complexity index is 311. The summed E-state index contributed by atoms with van der Waals surface area (Å²) in [6, 6.07) is 0. The van der Waals surface area contributed by atoms with Crippen LogP contribution >= 0.6 is 0 Å². The molecule has 0 aliphatic carbocycles. The molecule has 0 bridgehead atoms. The normalized spacial score (nSPS) is 10.4. The molecule has 2 amide bonds. The summed E-state index contributed by atoms with van der Waals surface area (Å²) in [5.74, 6) is 0. The fourth-order valence-electron chi connectivity index (χ4n) is 2.36. The Labute approximate surface area is 146 Å². The maximum absolute atomic E-state index is 11.4. The third-order valence-corrected chi connectivity index (χ3v) is 3.77. The van der Waals surface area contributed by atoms with Gasteiger partial charge in [-0.05, 0) is 19.3 Å². The molecular formula is C18H34N2O4. The van der Waals surface area contributed by atoms with Crippen molar-refractivity contribution < 1.29 is 19.4 Å². The van der Waals surface area contributed by atoms with Crippen LogP contribution in [0.5, 0.6) is 0 Å². The van der Waals surface area contributed by atoms with E-state index < -0.39 is 6.09 Å². The zero-order valence-electron chi connectivity index (χ0n) is 14.9. The predicted octanol–water partition coefficient (Wildman–Crippen LogP) is 4.37. The number of carbonyl (C=O) groups is 2. The molecule has 0 spiro atoms. The molecule has 0 rings (SSSR count). The summed E-state index contributed by atoms with van der Waals surface area (Å²) in [4.78, 5) is 21.6. The molecule has 2 N–H and O–H groups in total. The Hall–Kier alpha value is -1.46. The van der Waals surface area contributed by atoms with Gasteiger partial charge in [0.2, 0.25) is 0 Å². The van der Waals surface area contributed by atoms with Crippen LogP contribution in [0.15, 0.2) is 0 Å². The second-order valence-corrected chi connectivity index (χ2v) is 6.02. The molecule has 24 heavy (non-hydrogen) atoms. The first-order valence-corrected chi connectivity index (χ1v) is 9.31. The van der Waals surface area contributed by atoms with Crippen molar-refractivity contribution in [1.29, 1.82) is 0 Å². The van der Waals surface area contributed by atoms with Gasteiger partial charge >= 0.3 is 12.2 Å². The van der Waals surface area contributed by atoms with Gasteiger partial charge in [0, 0.05) is 13.1 Å². The van der Waals surface area contributed by atoms with Crippen LogP contribution in [0.1, 0.15) is 77.0 Å². The Morgan fingerprint density at radius 3 is 1.79 bits per heavy atom. The summed E-state index contributed by atoms with van der Waals surface area (Å²) in [6.07, 6.45) is 11.2. The maximum Gasteiger partial charge on any atom is 0.450 e. The van der Waals surface area contributed by atoms with Crippen molar-refractivity contribution in [3.05, 3.63) is 6.92 Å². The summed E-state index contributed by atoms with van der Waals surface area (Å²) in [6.45, 7) is 5.34. The molecule has 0 fully saturated rings. The van der Waals surface area contributed by atoms with Crippen LogP contribution in [0.25, 0.3) is 0 Å². The number of alkyl carbamates (subject to hydrolysis) is 1. The maximum atomic E-state index is 11.4. The molecule has 0 saturated carbocycles. The molecule has 0 unspecified atom stereocenters. The van der Waals surface area contributed by atoms with E-state index in [0.29, 0.717) is 19.7 Å². The highest BCUT2D eigenvalue weighted by Gasteiger charge is 2.01. The summed E-state index contributed by atoms with van der Waals surface area (Å²) in [7, 11) is 0. The van der Waals surface area contributed by atoms with Gasteiger partial charge in [0.15, 0.2) is 0 Å². The van der Waals surface area contributed by atoms with Crippen LogP contribution in [-0.4, -0.2) is 31.9 Å². The lowest BCUT2D eigenvalue weighted by Gasteiger charge is -2.07. The van der Waals surface area contributed by atoms with E-state index >= 15 is 0 Å². The minimum Gasteiger partial charge on any atom is -0.450 e. The van der Waals surface area contributed by atoms with E-state index in [-0.39, 0.29) is 6.09 Å². The van der Waals surface area contributed by atoms with E-state index in [0.717, 1.165) is 44.9 Å². The third kappa shape index (κ3) is 18.6. The standard InChI is InChI=1S/C18H34N2O4/c1-2-3-4-5-6-7-10-13-16-24-18(23)20-15-12-9-8-11-14-19-17(21)22/h19H,1-16H2,(H,20,23). The molecule has 0 aromatic carbocycles. The average molecular weight is 342 g/mol. The van der Waals surface area contributed by atoms with Crippen molar-refractivity contribution >= 4 is 12.2 Å². The first kappa shape index (κ1) is 22.5. The molecule has 0 aromatic rings. The van der Waals surface area contributed by atoms with Gasteiger partial charge in [-0.25, -0.2) is 14.7 Å². The largest absolute Gasteiger partial charge is 0.450 e. The average Bonchev–Trinajstić information content (AvgIpc) is 2.55. The second kappa shape index (κ2) is 17.9.